The first-order chi connectivity index (χ1) is 14.1. The van der Waals surface area contributed by atoms with Gasteiger partial charge >= 0.3 is 5.97 Å². The number of fused-ring (bicyclic) bond motifs is 2. The number of ether oxygens (including phenoxy) is 3. The minimum absolute atomic E-state index is 0.0692. The zero-order valence-corrected chi connectivity index (χ0v) is 19.0. The summed E-state index contributed by atoms with van der Waals surface area (Å²) in [5.41, 5.74) is 0. The van der Waals surface area contributed by atoms with Crippen LogP contribution >= 0.6 is 0 Å². The minimum atomic E-state index is -3.26. The normalized spacial score (nSPS) is 42.4. The van der Waals surface area contributed by atoms with E-state index in [2.05, 4.69) is 0 Å². The lowest BCUT2D eigenvalue weighted by Crippen LogP contribution is -2.62. The molecule has 170 valence electrons. The van der Waals surface area contributed by atoms with Crippen LogP contribution in [0, 0.1) is 29.6 Å². The third kappa shape index (κ3) is 3.84. The van der Waals surface area contributed by atoms with Gasteiger partial charge < -0.3 is 14.2 Å². The topological polar surface area (TPSA) is 96.0 Å². The zero-order chi connectivity index (χ0) is 21.7. The van der Waals surface area contributed by atoms with E-state index >= 15 is 0 Å². The Bertz CT molecular complexity index is 777. The lowest BCUT2D eigenvalue weighted by atomic mass is 9.65. The molecule has 4 rings (SSSR count). The van der Waals surface area contributed by atoms with E-state index in [0.29, 0.717) is 38.9 Å². The van der Waals surface area contributed by atoms with Crippen LogP contribution < -0.4 is 0 Å². The summed E-state index contributed by atoms with van der Waals surface area (Å²) in [6.45, 7) is 6.42. The maximum absolute atomic E-state index is 13.2. The molecule has 0 aromatic carbocycles. The van der Waals surface area contributed by atoms with Gasteiger partial charge in [0.05, 0.1) is 30.1 Å². The Kier molecular flexibility index (Phi) is 6.05. The Labute approximate surface area is 179 Å². The van der Waals surface area contributed by atoms with Crippen molar-refractivity contribution in [3.05, 3.63) is 0 Å². The molecule has 5 unspecified atom stereocenters. The SMILES string of the molecule is CC(=O)C1CCC(OC(=O)C2CC(C)C3C(C2C)C2(CCS3(=O)=O)OCCO2)CC1. The number of hydrogen-bond donors (Lipinski definition) is 0. The van der Waals surface area contributed by atoms with E-state index in [1.165, 1.54) is 0 Å². The largest absolute Gasteiger partial charge is 0.462 e. The Morgan fingerprint density at radius 3 is 2.27 bits per heavy atom. The summed E-state index contributed by atoms with van der Waals surface area (Å²) in [6.07, 6.45) is 3.61. The molecule has 2 aliphatic heterocycles. The molecule has 0 N–H and O–H groups in total. The molecule has 2 heterocycles. The second kappa shape index (κ2) is 8.17. The number of rotatable bonds is 3. The molecule has 30 heavy (non-hydrogen) atoms. The lowest BCUT2D eigenvalue weighted by Gasteiger charge is -2.53. The summed E-state index contributed by atoms with van der Waals surface area (Å²) in [7, 11) is -3.26. The fraction of sp³-hybridized carbons (Fsp3) is 0.909. The van der Waals surface area contributed by atoms with Gasteiger partial charge in [0.2, 0.25) is 0 Å². The van der Waals surface area contributed by atoms with Gasteiger partial charge in [-0.1, -0.05) is 13.8 Å². The van der Waals surface area contributed by atoms with E-state index in [4.69, 9.17) is 14.2 Å². The van der Waals surface area contributed by atoms with E-state index in [-0.39, 0.29) is 53.2 Å². The van der Waals surface area contributed by atoms with Crippen molar-refractivity contribution in [2.24, 2.45) is 29.6 Å². The molecule has 4 fully saturated rings. The molecule has 7 nitrogen and oxygen atoms in total. The Morgan fingerprint density at radius 1 is 1.03 bits per heavy atom. The number of Topliss-reactive ketones (excluding diaryl/α,β-unsaturated/α-hetero) is 1. The highest BCUT2D eigenvalue weighted by Crippen LogP contribution is 2.53. The molecular weight excluding hydrogens is 408 g/mol. The van der Waals surface area contributed by atoms with Crippen LogP contribution in [0.25, 0.3) is 0 Å². The predicted octanol–water partition coefficient (Wildman–Crippen LogP) is 2.52. The molecule has 2 aliphatic carbocycles. The molecule has 0 amide bonds. The molecule has 8 heteroatoms. The molecule has 0 bridgehead atoms. The molecule has 4 aliphatic rings. The van der Waals surface area contributed by atoms with Gasteiger partial charge in [-0.3, -0.25) is 9.59 Å². The van der Waals surface area contributed by atoms with Crippen molar-refractivity contribution in [3.63, 3.8) is 0 Å². The van der Waals surface area contributed by atoms with Gasteiger partial charge in [0.15, 0.2) is 15.6 Å². The van der Waals surface area contributed by atoms with Crippen molar-refractivity contribution in [1.29, 1.82) is 0 Å². The van der Waals surface area contributed by atoms with Gasteiger partial charge in [-0.25, -0.2) is 8.42 Å². The van der Waals surface area contributed by atoms with E-state index in [9.17, 15) is 18.0 Å². The van der Waals surface area contributed by atoms with Crippen LogP contribution in [0.2, 0.25) is 0 Å². The van der Waals surface area contributed by atoms with Gasteiger partial charge in [0.1, 0.15) is 11.9 Å². The number of hydrogen-bond acceptors (Lipinski definition) is 7. The molecule has 2 saturated heterocycles. The number of ketones is 1. The van der Waals surface area contributed by atoms with Crippen LogP contribution in [0.15, 0.2) is 0 Å². The van der Waals surface area contributed by atoms with Crippen molar-refractivity contribution in [2.75, 3.05) is 19.0 Å². The van der Waals surface area contributed by atoms with Crippen molar-refractivity contribution in [1.82, 2.24) is 0 Å². The van der Waals surface area contributed by atoms with Crippen molar-refractivity contribution in [2.45, 2.75) is 76.4 Å². The summed E-state index contributed by atoms with van der Waals surface area (Å²) < 4.78 is 43.8. The van der Waals surface area contributed by atoms with Crippen LogP contribution in [0.3, 0.4) is 0 Å². The van der Waals surface area contributed by atoms with Gasteiger partial charge in [0.25, 0.3) is 0 Å². The summed E-state index contributed by atoms with van der Waals surface area (Å²) in [6, 6.07) is 0. The maximum Gasteiger partial charge on any atom is 0.309 e. The number of carbonyl (C=O) groups is 2. The highest BCUT2D eigenvalue weighted by Gasteiger charge is 2.62. The average Bonchev–Trinajstić information content (AvgIpc) is 3.16. The number of carbonyl (C=O) groups excluding carboxylic acids is 2. The van der Waals surface area contributed by atoms with Crippen molar-refractivity contribution >= 4 is 21.6 Å². The van der Waals surface area contributed by atoms with Crippen LogP contribution in [0.5, 0.6) is 0 Å². The lowest BCUT2D eigenvalue weighted by molar-refractivity contribution is -0.226. The summed E-state index contributed by atoms with van der Waals surface area (Å²) in [5, 5.41) is -0.547. The third-order valence-corrected chi connectivity index (χ3v) is 10.4. The molecule has 0 aromatic rings. The highest BCUT2D eigenvalue weighted by molar-refractivity contribution is 7.92. The van der Waals surface area contributed by atoms with Crippen LogP contribution in [-0.2, 0) is 33.6 Å². The predicted molar refractivity (Wildman–Crippen MR) is 109 cm³/mol. The zero-order valence-electron chi connectivity index (χ0n) is 18.2. The third-order valence-electron chi connectivity index (χ3n) is 8.01. The van der Waals surface area contributed by atoms with E-state index in [1.54, 1.807) is 6.92 Å². The first-order valence-corrected chi connectivity index (χ1v) is 13.1. The standard InChI is InChI=1S/C22H34O7S/c1-13-12-18(21(24)29-17-6-4-16(5-7-17)15(3)23)14(2)19-20(13)30(25,26)11-8-22(19)27-9-10-28-22/h13-14,16-20H,4-12H2,1-3H3. The molecule has 5 atom stereocenters. The Hall–Kier alpha value is -0.990. The van der Waals surface area contributed by atoms with Crippen LogP contribution in [0.1, 0.15) is 59.3 Å². The van der Waals surface area contributed by atoms with Gasteiger partial charge in [0, 0.05) is 18.3 Å². The highest BCUT2D eigenvalue weighted by atomic mass is 32.2. The Balaban J connectivity index is 1.50. The molecular formula is C22H34O7S. The molecule has 0 radical (unpaired) electrons. The maximum atomic E-state index is 13.2. The minimum Gasteiger partial charge on any atom is -0.462 e. The molecule has 2 saturated carbocycles. The van der Waals surface area contributed by atoms with Crippen LogP contribution in [-0.4, -0.2) is 56.3 Å². The Morgan fingerprint density at radius 2 is 1.67 bits per heavy atom. The van der Waals surface area contributed by atoms with Crippen LogP contribution in [0.4, 0.5) is 0 Å². The average molecular weight is 443 g/mol. The summed E-state index contributed by atoms with van der Waals surface area (Å²) in [5.74, 6) is -1.89. The van der Waals surface area contributed by atoms with Crippen molar-refractivity contribution in [3.8, 4) is 0 Å². The number of sulfone groups is 1. The van der Waals surface area contributed by atoms with E-state index < -0.39 is 20.9 Å². The van der Waals surface area contributed by atoms with E-state index in [1.807, 2.05) is 13.8 Å². The summed E-state index contributed by atoms with van der Waals surface area (Å²) in [4.78, 5) is 24.7. The number of esters is 1. The monoisotopic (exact) mass is 442 g/mol. The van der Waals surface area contributed by atoms with Gasteiger partial charge in [-0.15, -0.1) is 0 Å². The van der Waals surface area contributed by atoms with Crippen molar-refractivity contribution < 1.29 is 32.2 Å². The van der Waals surface area contributed by atoms with Gasteiger partial charge in [-0.05, 0) is 50.9 Å². The quantitative estimate of drug-likeness (QED) is 0.620. The smallest absolute Gasteiger partial charge is 0.309 e. The second-order valence-electron chi connectivity index (χ2n) is 9.82. The fourth-order valence-electron chi connectivity index (χ4n) is 6.43. The molecule has 0 aromatic heterocycles. The first kappa shape index (κ1) is 22.2. The first-order valence-electron chi connectivity index (χ1n) is 11.3. The fourth-order valence-corrected chi connectivity index (χ4v) is 8.99. The second-order valence-corrected chi connectivity index (χ2v) is 12.1. The van der Waals surface area contributed by atoms with E-state index in [0.717, 1.165) is 12.8 Å². The summed E-state index contributed by atoms with van der Waals surface area (Å²) >= 11 is 0. The van der Waals surface area contributed by atoms with Gasteiger partial charge in [-0.2, -0.15) is 0 Å². The molecule has 1 spiro atoms.